The maximum atomic E-state index is 12.3. The largest absolute Gasteiger partial charge is 0.359 e. The Morgan fingerprint density at radius 1 is 0.912 bits per heavy atom. The number of hydrogen-bond acceptors (Lipinski definition) is 3. The molecule has 0 heterocycles. The van der Waals surface area contributed by atoms with E-state index in [1.807, 2.05) is 19.1 Å². The number of aryl methyl sites for hydroxylation is 4. The molecule has 0 aromatic heterocycles. The number of rotatable bonds is 7. The summed E-state index contributed by atoms with van der Waals surface area (Å²) in [4.78, 5) is 0.309. The fraction of sp³-hybridized carbons (Fsp3) is 0.310. The van der Waals surface area contributed by atoms with Gasteiger partial charge in [0.15, 0.2) is 0 Å². The van der Waals surface area contributed by atoms with Crippen molar-refractivity contribution in [3.8, 4) is 11.1 Å². The molecule has 2 aliphatic carbocycles. The number of fused-ring (bicyclic) bond motifs is 1. The summed E-state index contributed by atoms with van der Waals surface area (Å²) < 4.78 is 26.9. The predicted molar refractivity (Wildman–Crippen MR) is 140 cm³/mol. The lowest BCUT2D eigenvalue weighted by molar-refractivity contribution is 0.587. The first kappa shape index (κ1) is 22.9. The summed E-state index contributed by atoms with van der Waals surface area (Å²) in [6.45, 7) is 8.37. The second-order valence-electron chi connectivity index (χ2n) is 9.74. The zero-order chi connectivity index (χ0) is 24.1. The quantitative estimate of drug-likeness (QED) is 0.442. The molecule has 1 fully saturated rings. The average molecular weight is 473 g/mol. The molecule has 0 aliphatic heterocycles. The van der Waals surface area contributed by atoms with E-state index in [1.54, 1.807) is 6.07 Å². The Kier molecular flexibility index (Phi) is 5.65. The maximum Gasteiger partial charge on any atom is 0.240 e. The summed E-state index contributed by atoms with van der Waals surface area (Å²) in [7, 11) is -2.04. The number of hydrogen-bond donors (Lipinski definition) is 2. The molecule has 0 spiro atoms. The monoisotopic (exact) mass is 472 g/mol. The van der Waals surface area contributed by atoms with Gasteiger partial charge in [0.05, 0.1) is 4.90 Å². The van der Waals surface area contributed by atoms with Gasteiger partial charge in [0.25, 0.3) is 0 Å². The molecule has 0 unspecified atom stereocenters. The van der Waals surface area contributed by atoms with Crippen LogP contribution in [0, 0.1) is 13.8 Å². The van der Waals surface area contributed by atoms with Gasteiger partial charge in [-0.15, -0.1) is 0 Å². The standard InChI is InChI=1S/C29H32N2O2S/c1-19-8-12-26(18-27(19)24-10-13-28(20(2)16-24)34(32,33)30-4)31-21(3)29(14-15-29)25-11-9-22-6-5-7-23(22)17-25/h8-13,16-18,30-31H,3,5-7,14-15H2,1-2,4H3. The van der Waals surface area contributed by atoms with Gasteiger partial charge in [-0.3, -0.25) is 0 Å². The van der Waals surface area contributed by atoms with Crippen molar-refractivity contribution in [3.05, 3.63) is 94.7 Å². The Morgan fingerprint density at radius 2 is 1.68 bits per heavy atom. The minimum Gasteiger partial charge on any atom is -0.359 e. The van der Waals surface area contributed by atoms with Gasteiger partial charge in [0, 0.05) is 16.8 Å². The van der Waals surface area contributed by atoms with Crippen molar-refractivity contribution in [2.75, 3.05) is 12.4 Å². The minimum atomic E-state index is -3.48. The van der Waals surface area contributed by atoms with Crippen LogP contribution in [0.15, 0.2) is 71.8 Å². The lowest BCUT2D eigenvalue weighted by Crippen LogP contribution is -2.19. The summed E-state index contributed by atoms with van der Waals surface area (Å²) in [6, 6.07) is 18.9. The van der Waals surface area contributed by atoms with Crippen molar-refractivity contribution in [2.45, 2.75) is 56.3 Å². The fourth-order valence-corrected chi connectivity index (χ4v) is 6.24. The summed E-state index contributed by atoms with van der Waals surface area (Å²) >= 11 is 0. The highest BCUT2D eigenvalue weighted by molar-refractivity contribution is 7.89. The molecular weight excluding hydrogens is 440 g/mol. The first-order valence-electron chi connectivity index (χ1n) is 12.0. The van der Waals surface area contributed by atoms with Crippen LogP contribution in [0.5, 0.6) is 0 Å². The smallest absolute Gasteiger partial charge is 0.240 e. The van der Waals surface area contributed by atoms with E-state index in [0.29, 0.717) is 4.90 Å². The molecule has 2 aliphatic rings. The molecule has 0 bridgehead atoms. The minimum absolute atomic E-state index is 0.0163. The molecule has 3 aromatic rings. The van der Waals surface area contributed by atoms with Gasteiger partial charge in [-0.05, 0) is 110 Å². The third-order valence-corrected chi connectivity index (χ3v) is 9.13. The molecule has 0 atom stereocenters. The normalized spacial score (nSPS) is 16.2. The summed E-state index contributed by atoms with van der Waals surface area (Å²) in [5, 5.41) is 3.61. The lowest BCUT2D eigenvalue weighted by atomic mass is 9.90. The van der Waals surface area contributed by atoms with Crippen molar-refractivity contribution in [2.24, 2.45) is 0 Å². The Morgan fingerprint density at radius 3 is 2.38 bits per heavy atom. The van der Waals surface area contributed by atoms with E-state index in [1.165, 1.54) is 43.0 Å². The van der Waals surface area contributed by atoms with Crippen LogP contribution in [0.2, 0.25) is 0 Å². The Bertz CT molecular complexity index is 1400. The second kappa shape index (κ2) is 8.40. The Labute approximate surface area is 203 Å². The third kappa shape index (κ3) is 3.97. The zero-order valence-electron chi connectivity index (χ0n) is 20.2. The lowest BCUT2D eigenvalue weighted by Gasteiger charge is -2.22. The van der Waals surface area contributed by atoms with Crippen LogP contribution < -0.4 is 10.0 Å². The molecule has 5 rings (SSSR count). The molecular formula is C29H32N2O2S. The van der Waals surface area contributed by atoms with E-state index in [2.05, 4.69) is 59.9 Å². The van der Waals surface area contributed by atoms with Gasteiger partial charge < -0.3 is 5.32 Å². The molecule has 4 nitrogen and oxygen atoms in total. The van der Waals surface area contributed by atoms with Crippen LogP contribution in [0.1, 0.15) is 47.1 Å². The van der Waals surface area contributed by atoms with Gasteiger partial charge in [0.2, 0.25) is 10.0 Å². The molecule has 5 heteroatoms. The predicted octanol–water partition coefficient (Wildman–Crippen LogP) is 6.02. The van der Waals surface area contributed by atoms with Crippen LogP contribution >= 0.6 is 0 Å². The zero-order valence-corrected chi connectivity index (χ0v) is 21.0. The van der Waals surface area contributed by atoms with Crippen LogP contribution in [-0.4, -0.2) is 15.5 Å². The van der Waals surface area contributed by atoms with E-state index >= 15 is 0 Å². The number of anilines is 1. The van der Waals surface area contributed by atoms with Crippen LogP contribution in [-0.2, 0) is 28.3 Å². The van der Waals surface area contributed by atoms with E-state index < -0.39 is 10.0 Å². The van der Waals surface area contributed by atoms with Crippen LogP contribution in [0.4, 0.5) is 5.69 Å². The molecule has 34 heavy (non-hydrogen) atoms. The van der Waals surface area contributed by atoms with Crippen molar-refractivity contribution < 1.29 is 8.42 Å². The highest BCUT2D eigenvalue weighted by Gasteiger charge is 2.47. The van der Waals surface area contributed by atoms with Crippen molar-refractivity contribution in [1.82, 2.24) is 4.72 Å². The van der Waals surface area contributed by atoms with Gasteiger partial charge in [-0.2, -0.15) is 0 Å². The van der Waals surface area contributed by atoms with E-state index in [-0.39, 0.29) is 5.41 Å². The summed E-state index contributed by atoms with van der Waals surface area (Å²) in [6.07, 6.45) is 5.90. The molecule has 2 N–H and O–H groups in total. The Hall–Kier alpha value is -2.89. The van der Waals surface area contributed by atoms with Gasteiger partial charge >= 0.3 is 0 Å². The fourth-order valence-electron chi connectivity index (χ4n) is 5.29. The highest BCUT2D eigenvalue weighted by atomic mass is 32.2. The summed E-state index contributed by atoms with van der Waals surface area (Å²) in [5.41, 5.74) is 10.4. The van der Waals surface area contributed by atoms with Gasteiger partial charge in [-0.1, -0.05) is 43.0 Å². The first-order chi connectivity index (χ1) is 16.2. The van der Waals surface area contributed by atoms with Crippen molar-refractivity contribution in [3.63, 3.8) is 0 Å². The van der Waals surface area contributed by atoms with Crippen molar-refractivity contribution >= 4 is 15.7 Å². The van der Waals surface area contributed by atoms with Crippen LogP contribution in [0.3, 0.4) is 0 Å². The maximum absolute atomic E-state index is 12.3. The Balaban J connectivity index is 1.41. The summed E-state index contributed by atoms with van der Waals surface area (Å²) in [5.74, 6) is 0. The number of benzene rings is 3. The molecule has 176 valence electrons. The van der Waals surface area contributed by atoms with Crippen LogP contribution in [0.25, 0.3) is 11.1 Å². The number of nitrogens with one attached hydrogen (secondary N) is 2. The SMILES string of the molecule is C=C(Nc1ccc(C)c(-c2ccc(S(=O)(=O)NC)c(C)c2)c1)C1(c2ccc3c(c2)CCC3)CC1. The number of allylic oxidation sites excluding steroid dienone is 1. The topological polar surface area (TPSA) is 58.2 Å². The second-order valence-corrected chi connectivity index (χ2v) is 11.6. The molecule has 1 saturated carbocycles. The molecule has 3 aromatic carbocycles. The van der Waals surface area contributed by atoms with E-state index in [9.17, 15) is 8.42 Å². The van der Waals surface area contributed by atoms with Crippen molar-refractivity contribution in [1.29, 1.82) is 0 Å². The third-order valence-electron chi connectivity index (χ3n) is 7.56. The highest BCUT2D eigenvalue weighted by Crippen LogP contribution is 2.54. The molecule has 0 saturated heterocycles. The van der Waals surface area contributed by atoms with Gasteiger partial charge in [0.1, 0.15) is 0 Å². The molecule has 0 amide bonds. The first-order valence-corrected chi connectivity index (χ1v) is 13.5. The average Bonchev–Trinajstić information content (AvgIpc) is 3.51. The molecule has 0 radical (unpaired) electrons. The van der Waals surface area contributed by atoms with E-state index in [4.69, 9.17) is 0 Å². The van der Waals surface area contributed by atoms with Gasteiger partial charge in [-0.25, -0.2) is 13.1 Å². The van der Waals surface area contributed by atoms with E-state index in [0.717, 1.165) is 46.5 Å². The number of sulfonamides is 1.